The minimum absolute atomic E-state index is 0.238. The lowest BCUT2D eigenvalue weighted by Gasteiger charge is -2.31. The first-order valence-corrected chi connectivity index (χ1v) is 5.49. The lowest BCUT2D eigenvalue weighted by molar-refractivity contribution is 0.609. The molecule has 0 radical (unpaired) electrons. The summed E-state index contributed by atoms with van der Waals surface area (Å²) in [4.78, 5) is 6.72. The summed E-state index contributed by atoms with van der Waals surface area (Å²) in [5.74, 6) is 1.77. The van der Waals surface area contributed by atoms with Crippen LogP contribution in [-0.4, -0.2) is 18.1 Å². The monoisotopic (exact) mass is 199 g/mol. The van der Waals surface area contributed by atoms with E-state index in [-0.39, 0.29) is 5.92 Å². The van der Waals surface area contributed by atoms with Gasteiger partial charge in [-0.1, -0.05) is 6.07 Å². The van der Waals surface area contributed by atoms with E-state index in [1.165, 1.54) is 12.0 Å². The number of anilines is 1. The highest BCUT2D eigenvalue weighted by molar-refractivity contribution is 5.43. The Balaban J connectivity index is 1.74. The van der Waals surface area contributed by atoms with Gasteiger partial charge in [0.1, 0.15) is 5.82 Å². The second kappa shape index (κ2) is 3.23. The number of nitrogens with zero attached hydrogens (tertiary/aromatic N) is 3. The van der Waals surface area contributed by atoms with E-state index in [4.69, 9.17) is 5.26 Å². The van der Waals surface area contributed by atoms with Crippen LogP contribution in [-0.2, 0) is 0 Å². The molecule has 3 nitrogen and oxygen atoms in total. The van der Waals surface area contributed by atoms with Crippen molar-refractivity contribution in [3.05, 3.63) is 23.9 Å². The van der Waals surface area contributed by atoms with Crippen LogP contribution in [0.5, 0.6) is 0 Å². The maximum atomic E-state index is 8.75. The van der Waals surface area contributed by atoms with E-state index >= 15 is 0 Å². The van der Waals surface area contributed by atoms with E-state index in [0.717, 1.165) is 25.3 Å². The van der Waals surface area contributed by atoms with Crippen molar-refractivity contribution < 1.29 is 0 Å². The van der Waals surface area contributed by atoms with Gasteiger partial charge >= 0.3 is 0 Å². The quantitative estimate of drug-likeness (QED) is 0.730. The van der Waals surface area contributed by atoms with Crippen LogP contribution < -0.4 is 4.90 Å². The molecule has 3 heteroatoms. The summed E-state index contributed by atoms with van der Waals surface area (Å²) >= 11 is 0. The lowest BCUT2D eigenvalue weighted by atomic mass is 10.1. The average molecular weight is 199 g/mol. The van der Waals surface area contributed by atoms with Crippen molar-refractivity contribution in [3.8, 4) is 6.07 Å². The van der Waals surface area contributed by atoms with Gasteiger partial charge in [-0.2, -0.15) is 5.26 Å². The molecule has 0 spiro atoms. The summed E-state index contributed by atoms with van der Waals surface area (Å²) in [6.45, 7) is 2.27. The molecular formula is C12H13N3. The zero-order valence-electron chi connectivity index (χ0n) is 8.56. The molecule has 2 heterocycles. The van der Waals surface area contributed by atoms with Gasteiger partial charge in [-0.25, -0.2) is 4.98 Å². The van der Waals surface area contributed by atoms with Crippen LogP contribution in [0.4, 0.5) is 5.82 Å². The number of pyridine rings is 1. The second-order valence-electron chi connectivity index (χ2n) is 4.37. The first kappa shape index (κ1) is 8.72. The second-order valence-corrected chi connectivity index (χ2v) is 4.37. The van der Waals surface area contributed by atoms with Crippen molar-refractivity contribution in [1.82, 2.24) is 4.98 Å². The van der Waals surface area contributed by atoms with Gasteiger partial charge in [0.2, 0.25) is 0 Å². The molecule has 15 heavy (non-hydrogen) atoms. The van der Waals surface area contributed by atoms with Crippen LogP contribution in [0, 0.1) is 17.2 Å². The first-order valence-electron chi connectivity index (χ1n) is 5.49. The zero-order valence-corrected chi connectivity index (χ0v) is 8.56. The van der Waals surface area contributed by atoms with Crippen LogP contribution in [0.15, 0.2) is 18.3 Å². The van der Waals surface area contributed by atoms with E-state index in [2.05, 4.69) is 28.1 Å². The summed E-state index contributed by atoms with van der Waals surface area (Å²) in [6.07, 6.45) is 4.24. The molecule has 0 bridgehead atoms. The van der Waals surface area contributed by atoms with E-state index in [9.17, 15) is 0 Å². The number of hydrogen-bond acceptors (Lipinski definition) is 3. The Hall–Kier alpha value is -1.56. The SMILES string of the molecule is N#CC1CC1c1ccc(N2CCC2)nc1. The molecule has 1 saturated heterocycles. The predicted molar refractivity (Wildman–Crippen MR) is 57.5 cm³/mol. The highest BCUT2D eigenvalue weighted by atomic mass is 15.2. The lowest BCUT2D eigenvalue weighted by Crippen LogP contribution is -2.37. The first-order chi connectivity index (χ1) is 7.38. The standard InChI is InChI=1S/C12H13N3/c13-7-10-6-11(10)9-2-3-12(14-8-9)15-4-1-5-15/h2-3,8,10-11H,1,4-6H2. The summed E-state index contributed by atoms with van der Waals surface area (Å²) in [7, 11) is 0. The molecule has 3 rings (SSSR count). The third-order valence-corrected chi connectivity index (χ3v) is 3.34. The van der Waals surface area contributed by atoms with Gasteiger partial charge < -0.3 is 4.90 Å². The molecule has 2 fully saturated rings. The molecule has 1 aromatic rings. The number of rotatable bonds is 2. The number of hydrogen-bond donors (Lipinski definition) is 0. The van der Waals surface area contributed by atoms with Gasteiger partial charge in [-0.05, 0) is 24.5 Å². The normalized spacial score (nSPS) is 28.1. The minimum atomic E-state index is 0.238. The van der Waals surface area contributed by atoms with Crippen LogP contribution in [0.25, 0.3) is 0 Å². The van der Waals surface area contributed by atoms with Crippen molar-refractivity contribution in [2.24, 2.45) is 5.92 Å². The van der Waals surface area contributed by atoms with Crippen LogP contribution >= 0.6 is 0 Å². The third-order valence-electron chi connectivity index (χ3n) is 3.34. The Morgan fingerprint density at radius 3 is 2.73 bits per heavy atom. The molecule has 0 aromatic carbocycles. The molecule has 2 aliphatic rings. The van der Waals surface area contributed by atoms with E-state index < -0.39 is 0 Å². The van der Waals surface area contributed by atoms with Gasteiger partial charge in [-0.15, -0.1) is 0 Å². The van der Waals surface area contributed by atoms with Crippen molar-refractivity contribution >= 4 is 5.82 Å². The summed E-state index contributed by atoms with van der Waals surface area (Å²) in [5, 5.41) is 8.75. The average Bonchev–Trinajstić information content (AvgIpc) is 2.95. The van der Waals surface area contributed by atoms with Crippen LogP contribution in [0.1, 0.15) is 24.3 Å². The highest BCUT2D eigenvalue weighted by Crippen LogP contribution is 2.46. The van der Waals surface area contributed by atoms with Crippen molar-refractivity contribution in [3.63, 3.8) is 0 Å². The Bertz CT molecular complexity index is 400. The minimum Gasteiger partial charge on any atom is -0.356 e. The van der Waals surface area contributed by atoms with Crippen molar-refractivity contribution in [2.75, 3.05) is 18.0 Å². The maximum Gasteiger partial charge on any atom is 0.128 e. The largest absolute Gasteiger partial charge is 0.356 e. The van der Waals surface area contributed by atoms with Crippen LogP contribution in [0.3, 0.4) is 0 Å². The maximum absolute atomic E-state index is 8.75. The van der Waals surface area contributed by atoms with Crippen LogP contribution in [0.2, 0.25) is 0 Å². The zero-order chi connectivity index (χ0) is 10.3. The molecule has 1 aromatic heterocycles. The Labute approximate surface area is 89.3 Å². The van der Waals surface area contributed by atoms with Gasteiger partial charge in [0.15, 0.2) is 0 Å². The van der Waals surface area contributed by atoms with Gasteiger partial charge in [0.05, 0.1) is 12.0 Å². The van der Waals surface area contributed by atoms with E-state index in [0.29, 0.717) is 5.92 Å². The molecule has 76 valence electrons. The van der Waals surface area contributed by atoms with E-state index in [1.807, 2.05) is 6.20 Å². The van der Waals surface area contributed by atoms with E-state index in [1.54, 1.807) is 0 Å². The molecule has 1 saturated carbocycles. The summed E-state index contributed by atoms with van der Waals surface area (Å²) in [6, 6.07) is 6.52. The summed E-state index contributed by atoms with van der Waals surface area (Å²) < 4.78 is 0. The smallest absolute Gasteiger partial charge is 0.128 e. The molecule has 0 N–H and O–H groups in total. The molecule has 1 aliphatic carbocycles. The molecule has 0 amide bonds. The van der Waals surface area contributed by atoms with Crippen molar-refractivity contribution in [2.45, 2.75) is 18.8 Å². The van der Waals surface area contributed by atoms with Gasteiger partial charge in [0, 0.05) is 25.2 Å². The number of aromatic nitrogens is 1. The predicted octanol–water partition coefficient (Wildman–Crippen LogP) is 1.92. The third kappa shape index (κ3) is 1.46. The molecular weight excluding hydrogens is 186 g/mol. The Morgan fingerprint density at radius 2 is 2.27 bits per heavy atom. The number of nitriles is 1. The fourth-order valence-corrected chi connectivity index (χ4v) is 2.06. The Kier molecular flexibility index (Phi) is 1.88. The van der Waals surface area contributed by atoms with Crippen molar-refractivity contribution in [1.29, 1.82) is 5.26 Å². The Morgan fingerprint density at radius 1 is 1.40 bits per heavy atom. The fraction of sp³-hybridized carbons (Fsp3) is 0.500. The topological polar surface area (TPSA) is 39.9 Å². The highest BCUT2D eigenvalue weighted by Gasteiger charge is 2.38. The fourth-order valence-electron chi connectivity index (χ4n) is 2.06. The van der Waals surface area contributed by atoms with Gasteiger partial charge in [0.25, 0.3) is 0 Å². The van der Waals surface area contributed by atoms with Gasteiger partial charge in [-0.3, -0.25) is 0 Å². The summed E-state index contributed by atoms with van der Waals surface area (Å²) in [5.41, 5.74) is 1.23. The molecule has 2 unspecified atom stereocenters. The molecule has 1 aliphatic heterocycles. The molecule has 2 atom stereocenters.